The molecule has 0 aliphatic carbocycles. The van der Waals surface area contributed by atoms with Crippen LogP contribution in [0.2, 0.25) is 0 Å². The quantitative estimate of drug-likeness (QED) is 0.681. The molecule has 1 heterocycles. The third kappa shape index (κ3) is 3.69. The first-order valence-corrected chi connectivity index (χ1v) is 7.30. The van der Waals surface area contributed by atoms with Gasteiger partial charge in [-0.25, -0.2) is 4.98 Å². The van der Waals surface area contributed by atoms with Crippen molar-refractivity contribution in [3.05, 3.63) is 42.7 Å². The molecule has 1 atom stereocenters. The number of phenols is 1. The minimum atomic E-state index is 0. The van der Waals surface area contributed by atoms with E-state index in [9.17, 15) is 5.11 Å². The summed E-state index contributed by atoms with van der Waals surface area (Å²) in [6, 6.07) is 10.8. The van der Waals surface area contributed by atoms with Gasteiger partial charge in [0.2, 0.25) is 0 Å². The molecule has 1 unspecified atom stereocenters. The molecule has 0 aliphatic rings. The average molecular weight is 360 g/mol. The van der Waals surface area contributed by atoms with E-state index in [0.717, 1.165) is 22.5 Å². The van der Waals surface area contributed by atoms with Gasteiger partial charge in [0.15, 0.2) is 11.5 Å². The van der Waals surface area contributed by atoms with Crippen molar-refractivity contribution >= 4 is 9.90 Å². The molecule has 0 fully saturated rings. The Bertz CT molecular complexity index is 842. The summed E-state index contributed by atoms with van der Waals surface area (Å²) in [5.41, 5.74) is 3.15. The molecule has 0 saturated carbocycles. The van der Waals surface area contributed by atoms with Crippen LogP contribution in [0.1, 0.15) is 0 Å². The van der Waals surface area contributed by atoms with E-state index in [2.05, 4.69) is 9.97 Å². The lowest BCUT2D eigenvalue weighted by molar-refractivity contribution is 0.373. The van der Waals surface area contributed by atoms with Crippen LogP contribution in [-0.2, 0) is 0 Å². The van der Waals surface area contributed by atoms with Crippen LogP contribution in [0.15, 0.2) is 42.7 Å². The van der Waals surface area contributed by atoms with Gasteiger partial charge in [0.25, 0.3) is 0 Å². The van der Waals surface area contributed by atoms with Gasteiger partial charge in [-0.2, -0.15) is 9.90 Å². The monoisotopic (exact) mass is 360 g/mol. The van der Waals surface area contributed by atoms with E-state index >= 15 is 0 Å². The highest BCUT2D eigenvalue weighted by atomic mass is 31.0. The topological polar surface area (TPSA) is 76.6 Å². The zero-order valence-corrected chi connectivity index (χ0v) is 15.8. The van der Waals surface area contributed by atoms with Crippen LogP contribution in [-0.4, -0.2) is 36.4 Å². The minimum Gasteiger partial charge on any atom is -0.504 e. The molecule has 0 amide bonds. The van der Waals surface area contributed by atoms with Crippen LogP contribution in [0.4, 0.5) is 0 Å². The first-order valence-electron chi connectivity index (χ1n) is 7.30. The van der Waals surface area contributed by atoms with E-state index < -0.39 is 0 Å². The number of H-pyrrole nitrogens is 1. The lowest BCUT2D eigenvalue weighted by Gasteiger charge is -2.10. The van der Waals surface area contributed by atoms with Crippen LogP contribution >= 0.6 is 9.90 Å². The SMILES string of the molecule is COc1cc(OC)cc(-c2nc[nH]c2-c2ccc(OC)c(O)c2)c1.P. The maximum atomic E-state index is 10.0. The summed E-state index contributed by atoms with van der Waals surface area (Å²) in [5.74, 6) is 1.84. The van der Waals surface area contributed by atoms with Gasteiger partial charge in [0.1, 0.15) is 11.5 Å². The Morgan fingerprint density at radius 1 is 0.880 bits per heavy atom. The molecule has 3 aromatic rings. The highest BCUT2D eigenvalue weighted by Gasteiger charge is 2.14. The van der Waals surface area contributed by atoms with Crippen LogP contribution < -0.4 is 14.2 Å². The molecule has 2 N–H and O–H groups in total. The highest BCUT2D eigenvalue weighted by molar-refractivity contribution is 6.92. The fourth-order valence-electron chi connectivity index (χ4n) is 2.52. The summed E-state index contributed by atoms with van der Waals surface area (Å²) in [7, 11) is 4.72. The molecule has 0 radical (unpaired) electrons. The maximum Gasteiger partial charge on any atom is 0.160 e. The van der Waals surface area contributed by atoms with Crippen LogP contribution in [0.5, 0.6) is 23.0 Å². The Morgan fingerprint density at radius 3 is 2.12 bits per heavy atom. The van der Waals surface area contributed by atoms with Crippen molar-refractivity contribution in [1.29, 1.82) is 0 Å². The molecule has 132 valence electrons. The number of nitrogens with one attached hydrogen (secondary N) is 1. The Hall–Kier alpha value is -2.72. The maximum absolute atomic E-state index is 10.0. The third-order valence-electron chi connectivity index (χ3n) is 3.73. The summed E-state index contributed by atoms with van der Waals surface area (Å²) < 4.78 is 15.7. The molecule has 0 spiro atoms. The van der Waals surface area contributed by atoms with E-state index in [0.29, 0.717) is 17.2 Å². The Balaban J connectivity index is 0.00000225. The van der Waals surface area contributed by atoms with Gasteiger partial charge in [-0.15, -0.1) is 0 Å². The zero-order chi connectivity index (χ0) is 17.1. The lowest BCUT2D eigenvalue weighted by atomic mass is 10.0. The number of aromatic amines is 1. The first kappa shape index (κ1) is 18.6. The van der Waals surface area contributed by atoms with E-state index in [1.165, 1.54) is 7.11 Å². The number of hydrogen-bond acceptors (Lipinski definition) is 5. The predicted octanol–water partition coefficient (Wildman–Crippen LogP) is 3.53. The van der Waals surface area contributed by atoms with Crippen molar-refractivity contribution in [2.75, 3.05) is 21.3 Å². The van der Waals surface area contributed by atoms with Crippen molar-refractivity contribution in [3.8, 4) is 45.5 Å². The number of rotatable bonds is 5. The normalized spacial score (nSPS) is 10.0. The van der Waals surface area contributed by atoms with Gasteiger partial charge < -0.3 is 24.3 Å². The number of nitrogens with zero attached hydrogens (tertiary/aromatic N) is 1. The van der Waals surface area contributed by atoms with Crippen molar-refractivity contribution in [2.24, 2.45) is 0 Å². The van der Waals surface area contributed by atoms with Crippen molar-refractivity contribution in [1.82, 2.24) is 9.97 Å². The summed E-state index contributed by atoms with van der Waals surface area (Å²) in [6.45, 7) is 0. The molecular formula is C18H21N2O4P. The highest BCUT2D eigenvalue weighted by Crippen LogP contribution is 2.36. The fraction of sp³-hybridized carbons (Fsp3) is 0.167. The van der Waals surface area contributed by atoms with E-state index in [1.54, 1.807) is 38.7 Å². The average Bonchev–Trinajstić information content (AvgIpc) is 3.10. The van der Waals surface area contributed by atoms with Crippen molar-refractivity contribution in [2.45, 2.75) is 0 Å². The summed E-state index contributed by atoms with van der Waals surface area (Å²) in [6.07, 6.45) is 1.61. The summed E-state index contributed by atoms with van der Waals surface area (Å²) >= 11 is 0. The Labute approximate surface area is 149 Å². The van der Waals surface area contributed by atoms with Crippen molar-refractivity contribution in [3.63, 3.8) is 0 Å². The molecular weight excluding hydrogens is 339 g/mol. The standard InChI is InChI=1S/C18H18N2O4.H3P/c1-22-13-6-12(7-14(9-13)23-2)18-17(19-10-20-18)11-4-5-16(24-3)15(21)8-11;/h4-10,21H,1-3H3,(H,19,20);1H3. The second-order valence-corrected chi connectivity index (χ2v) is 5.11. The number of aromatic hydroxyl groups is 1. The third-order valence-corrected chi connectivity index (χ3v) is 3.73. The largest absolute Gasteiger partial charge is 0.504 e. The number of phenolic OH excluding ortho intramolecular Hbond substituents is 1. The van der Waals surface area contributed by atoms with Crippen LogP contribution in [0, 0.1) is 0 Å². The van der Waals surface area contributed by atoms with Crippen molar-refractivity contribution < 1.29 is 19.3 Å². The zero-order valence-electron chi connectivity index (χ0n) is 14.4. The Kier molecular flexibility index (Phi) is 5.88. The molecule has 0 aliphatic heterocycles. The fourth-order valence-corrected chi connectivity index (χ4v) is 2.52. The number of methoxy groups -OCH3 is 3. The predicted molar refractivity (Wildman–Crippen MR) is 102 cm³/mol. The molecule has 25 heavy (non-hydrogen) atoms. The van der Waals surface area contributed by atoms with Gasteiger partial charge in [-0.1, -0.05) is 0 Å². The van der Waals surface area contributed by atoms with E-state index in [-0.39, 0.29) is 15.6 Å². The van der Waals surface area contributed by atoms with Gasteiger partial charge in [-0.3, -0.25) is 0 Å². The van der Waals surface area contributed by atoms with Gasteiger partial charge >= 0.3 is 0 Å². The minimum absolute atomic E-state index is 0. The van der Waals surface area contributed by atoms with Gasteiger partial charge in [-0.05, 0) is 30.3 Å². The molecule has 1 aromatic heterocycles. The first-order chi connectivity index (χ1) is 11.7. The lowest BCUT2D eigenvalue weighted by Crippen LogP contribution is -1.91. The second-order valence-electron chi connectivity index (χ2n) is 5.11. The Morgan fingerprint density at radius 2 is 1.56 bits per heavy atom. The molecule has 6 nitrogen and oxygen atoms in total. The van der Waals surface area contributed by atoms with E-state index in [4.69, 9.17) is 14.2 Å². The van der Waals surface area contributed by atoms with Gasteiger partial charge in [0.05, 0.1) is 39.0 Å². The number of imidazole rings is 1. The summed E-state index contributed by atoms with van der Waals surface area (Å²) in [4.78, 5) is 7.52. The second kappa shape index (κ2) is 7.90. The molecule has 0 bridgehead atoms. The van der Waals surface area contributed by atoms with E-state index in [1.807, 2.05) is 18.2 Å². The van der Waals surface area contributed by atoms with Crippen LogP contribution in [0.3, 0.4) is 0 Å². The number of ether oxygens (including phenoxy) is 3. The number of benzene rings is 2. The smallest absolute Gasteiger partial charge is 0.160 e. The molecule has 7 heteroatoms. The molecule has 3 rings (SSSR count). The molecule has 2 aromatic carbocycles. The van der Waals surface area contributed by atoms with Gasteiger partial charge in [0, 0.05) is 17.2 Å². The van der Waals surface area contributed by atoms with Crippen LogP contribution in [0.25, 0.3) is 22.5 Å². The summed E-state index contributed by atoms with van der Waals surface area (Å²) in [5, 5.41) is 10.0. The number of hydrogen-bond donors (Lipinski definition) is 2. The molecule has 0 saturated heterocycles. The number of aromatic nitrogens is 2.